The van der Waals surface area contributed by atoms with Crippen LogP contribution in [0.25, 0.3) is 0 Å². The van der Waals surface area contributed by atoms with Crippen molar-refractivity contribution in [1.29, 1.82) is 0 Å². The molecule has 114 valence electrons. The lowest BCUT2D eigenvalue weighted by molar-refractivity contribution is -0.121. The average Bonchev–Trinajstić information content (AvgIpc) is 2.50. The molecule has 0 atom stereocenters. The molecule has 0 heterocycles. The highest BCUT2D eigenvalue weighted by molar-refractivity contribution is 5.93. The summed E-state index contributed by atoms with van der Waals surface area (Å²) in [7, 11) is 1.31. The van der Waals surface area contributed by atoms with E-state index in [1.807, 2.05) is 0 Å². The van der Waals surface area contributed by atoms with Crippen molar-refractivity contribution in [2.24, 2.45) is 0 Å². The molecule has 6 heteroatoms. The molecule has 0 aliphatic heterocycles. The van der Waals surface area contributed by atoms with Crippen molar-refractivity contribution in [3.05, 3.63) is 29.8 Å². The lowest BCUT2D eigenvalue weighted by Crippen LogP contribution is -2.37. The Hall–Kier alpha value is -2.37. The lowest BCUT2D eigenvalue weighted by Gasteiger charge is -2.21. The van der Waals surface area contributed by atoms with Gasteiger partial charge in [0.2, 0.25) is 11.8 Å². The zero-order valence-corrected chi connectivity index (χ0v) is 12.5. The van der Waals surface area contributed by atoms with Gasteiger partial charge in [-0.25, -0.2) is 4.79 Å². The first-order valence-corrected chi connectivity index (χ1v) is 6.72. The van der Waals surface area contributed by atoms with Crippen LogP contribution in [-0.4, -0.2) is 38.0 Å². The maximum atomic E-state index is 11.7. The number of hydrogen-bond donors (Lipinski definition) is 1. The smallest absolute Gasteiger partial charge is 0.337 e. The molecular weight excluding hydrogens is 272 g/mol. The van der Waals surface area contributed by atoms with Gasteiger partial charge in [-0.1, -0.05) is 6.92 Å². The summed E-state index contributed by atoms with van der Waals surface area (Å²) in [6.45, 7) is 3.98. The molecule has 0 unspecified atom stereocenters. The summed E-state index contributed by atoms with van der Waals surface area (Å²) in [5.74, 6) is -0.614. The van der Waals surface area contributed by atoms with Crippen LogP contribution >= 0.6 is 0 Å². The predicted molar refractivity (Wildman–Crippen MR) is 79.1 cm³/mol. The van der Waals surface area contributed by atoms with Gasteiger partial charge in [0.25, 0.3) is 0 Å². The highest BCUT2D eigenvalue weighted by Gasteiger charge is 2.13. The number of benzene rings is 1. The molecule has 6 nitrogen and oxygen atoms in total. The van der Waals surface area contributed by atoms with E-state index in [1.54, 1.807) is 31.2 Å². The summed E-state index contributed by atoms with van der Waals surface area (Å²) in [6, 6.07) is 6.55. The largest absolute Gasteiger partial charge is 0.465 e. The third-order valence-corrected chi connectivity index (χ3v) is 2.96. The predicted octanol–water partition coefficient (Wildman–Crippen LogP) is 1.35. The van der Waals surface area contributed by atoms with Crippen LogP contribution in [0.1, 0.15) is 30.6 Å². The molecule has 0 aromatic heterocycles. The number of nitrogens with one attached hydrogen (secondary N) is 1. The number of rotatable bonds is 6. The molecular formula is C15H20N2O4. The van der Waals surface area contributed by atoms with Gasteiger partial charge in [-0.2, -0.15) is 0 Å². The van der Waals surface area contributed by atoms with Crippen molar-refractivity contribution in [1.82, 2.24) is 5.32 Å². The van der Waals surface area contributed by atoms with Crippen LogP contribution in [-0.2, 0) is 14.3 Å². The van der Waals surface area contributed by atoms with Crippen molar-refractivity contribution in [3.63, 3.8) is 0 Å². The minimum Gasteiger partial charge on any atom is -0.465 e. The SMILES string of the molecule is CCC(=O)NCCN(C(C)=O)c1ccc(C(=O)OC)cc1. The third-order valence-electron chi connectivity index (χ3n) is 2.96. The summed E-state index contributed by atoms with van der Waals surface area (Å²) >= 11 is 0. The van der Waals surface area contributed by atoms with Gasteiger partial charge in [-0.15, -0.1) is 0 Å². The van der Waals surface area contributed by atoms with E-state index in [1.165, 1.54) is 18.9 Å². The quantitative estimate of drug-likeness (QED) is 0.803. The maximum Gasteiger partial charge on any atom is 0.337 e. The van der Waals surface area contributed by atoms with Crippen molar-refractivity contribution in [2.75, 3.05) is 25.1 Å². The number of anilines is 1. The Bertz CT molecular complexity index is 511. The van der Waals surface area contributed by atoms with E-state index in [-0.39, 0.29) is 11.8 Å². The standard InChI is InChI=1S/C15H20N2O4/c1-4-14(19)16-9-10-17(11(2)18)13-7-5-12(6-8-13)15(20)21-3/h5-8H,4,9-10H2,1-3H3,(H,16,19). The Kier molecular flexibility index (Phi) is 6.39. The number of carbonyl (C=O) groups is 3. The fourth-order valence-corrected chi connectivity index (χ4v) is 1.80. The van der Waals surface area contributed by atoms with Crippen molar-refractivity contribution < 1.29 is 19.1 Å². The fourth-order valence-electron chi connectivity index (χ4n) is 1.80. The number of carbonyl (C=O) groups excluding carboxylic acids is 3. The van der Waals surface area contributed by atoms with Gasteiger partial charge in [0, 0.05) is 32.1 Å². The molecule has 0 fully saturated rings. The van der Waals surface area contributed by atoms with E-state index in [4.69, 9.17) is 0 Å². The molecule has 1 rings (SSSR count). The maximum absolute atomic E-state index is 11.7. The third kappa shape index (κ3) is 4.91. The summed E-state index contributed by atoms with van der Waals surface area (Å²) in [6.07, 6.45) is 0.411. The number of ether oxygens (including phenoxy) is 1. The van der Waals surface area contributed by atoms with E-state index in [0.29, 0.717) is 30.8 Å². The molecule has 1 aromatic carbocycles. The first-order chi connectivity index (χ1) is 9.99. The molecule has 0 bridgehead atoms. The first kappa shape index (κ1) is 16.7. The molecule has 0 radical (unpaired) electrons. The first-order valence-electron chi connectivity index (χ1n) is 6.72. The number of amides is 2. The molecule has 0 aliphatic carbocycles. The zero-order chi connectivity index (χ0) is 15.8. The van der Waals surface area contributed by atoms with Gasteiger partial charge in [-0.3, -0.25) is 9.59 Å². The van der Waals surface area contributed by atoms with E-state index < -0.39 is 5.97 Å². The van der Waals surface area contributed by atoms with Crippen LogP contribution in [0.3, 0.4) is 0 Å². The monoisotopic (exact) mass is 292 g/mol. The Balaban J connectivity index is 2.74. The molecule has 0 saturated heterocycles. The highest BCUT2D eigenvalue weighted by atomic mass is 16.5. The van der Waals surface area contributed by atoms with Crippen LogP contribution < -0.4 is 10.2 Å². The minimum atomic E-state index is -0.425. The van der Waals surface area contributed by atoms with Crippen LogP contribution in [0.4, 0.5) is 5.69 Å². The summed E-state index contributed by atoms with van der Waals surface area (Å²) in [4.78, 5) is 35.8. The number of nitrogens with zero attached hydrogens (tertiary/aromatic N) is 1. The van der Waals surface area contributed by atoms with Crippen LogP contribution in [0.5, 0.6) is 0 Å². The lowest BCUT2D eigenvalue weighted by atomic mass is 10.2. The molecule has 0 aliphatic rings. The van der Waals surface area contributed by atoms with Gasteiger partial charge in [-0.05, 0) is 24.3 Å². The Morgan fingerprint density at radius 3 is 2.29 bits per heavy atom. The number of esters is 1. The molecule has 2 amide bonds. The molecule has 1 N–H and O–H groups in total. The van der Waals surface area contributed by atoms with Crippen molar-refractivity contribution in [3.8, 4) is 0 Å². The highest BCUT2D eigenvalue weighted by Crippen LogP contribution is 2.15. The molecule has 0 spiro atoms. The van der Waals surface area contributed by atoms with E-state index >= 15 is 0 Å². The summed E-state index contributed by atoms with van der Waals surface area (Å²) in [5, 5.41) is 2.72. The van der Waals surface area contributed by atoms with Crippen LogP contribution in [0, 0.1) is 0 Å². The van der Waals surface area contributed by atoms with E-state index in [0.717, 1.165) is 0 Å². The van der Waals surface area contributed by atoms with Gasteiger partial charge in [0.1, 0.15) is 0 Å². The molecule has 0 saturated carbocycles. The Labute approximate surface area is 124 Å². The van der Waals surface area contributed by atoms with Gasteiger partial charge < -0.3 is 15.0 Å². The van der Waals surface area contributed by atoms with E-state index in [2.05, 4.69) is 10.1 Å². The second-order valence-corrected chi connectivity index (χ2v) is 4.41. The normalized spacial score (nSPS) is 9.86. The van der Waals surface area contributed by atoms with Crippen molar-refractivity contribution in [2.45, 2.75) is 20.3 Å². The topological polar surface area (TPSA) is 75.7 Å². The number of hydrogen-bond acceptors (Lipinski definition) is 4. The van der Waals surface area contributed by atoms with Crippen LogP contribution in [0.2, 0.25) is 0 Å². The Morgan fingerprint density at radius 2 is 1.81 bits per heavy atom. The second kappa shape index (κ2) is 8.04. The molecule has 1 aromatic rings. The average molecular weight is 292 g/mol. The van der Waals surface area contributed by atoms with Crippen molar-refractivity contribution >= 4 is 23.5 Å². The zero-order valence-electron chi connectivity index (χ0n) is 12.5. The summed E-state index contributed by atoms with van der Waals surface area (Å²) < 4.78 is 4.62. The fraction of sp³-hybridized carbons (Fsp3) is 0.400. The summed E-state index contributed by atoms with van der Waals surface area (Å²) in [5.41, 5.74) is 1.09. The minimum absolute atomic E-state index is 0.0560. The van der Waals surface area contributed by atoms with E-state index in [9.17, 15) is 14.4 Å². The second-order valence-electron chi connectivity index (χ2n) is 4.41. The number of methoxy groups -OCH3 is 1. The Morgan fingerprint density at radius 1 is 1.19 bits per heavy atom. The van der Waals surface area contributed by atoms with Gasteiger partial charge in [0.15, 0.2) is 0 Å². The van der Waals surface area contributed by atoms with Gasteiger partial charge in [0.05, 0.1) is 12.7 Å². The van der Waals surface area contributed by atoms with Gasteiger partial charge >= 0.3 is 5.97 Å². The molecule has 21 heavy (non-hydrogen) atoms. The van der Waals surface area contributed by atoms with Crippen LogP contribution in [0.15, 0.2) is 24.3 Å².